The topological polar surface area (TPSA) is 30.5 Å². The molecule has 0 aliphatic heterocycles. The van der Waals surface area contributed by atoms with E-state index in [1.54, 1.807) is 14.2 Å². The highest BCUT2D eigenvalue weighted by Crippen LogP contribution is 2.25. The van der Waals surface area contributed by atoms with Gasteiger partial charge in [-0.15, -0.1) is 0 Å². The maximum Gasteiger partial charge on any atom is 0.126 e. The quantitative estimate of drug-likeness (QED) is 0.607. The highest BCUT2D eigenvalue weighted by Gasteiger charge is 2.04. The van der Waals surface area contributed by atoms with Crippen molar-refractivity contribution < 1.29 is 9.57 Å². The number of hydrogen-bond acceptors (Lipinski definition) is 3. The molecular weight excluding hydrogens is 214 g/mol. The third kappa shape index (κ3) is 4.21. The van der Waals surface area contributed by atoms with Gasteiger partial charge in [0.1, 0.15) is 5.75 Å². The van der Waals surface area contributed by atoms with E-state index in [4.69, 9.17) is 9.57 Å². The number of hydroxylamine groups is 1. The summed E-state index contributed by atoms with van der Waals surface area (Å²) in [7, 11) is 3.43. The van der Waals surface area contributed by atoms with Crippen LogP contribution in [-0.4, -0.2) is 20.8 Å². The fraction of sp³-hybridized carbons (Fsp3) is 0.429. The summed E-state index contributed by atoms with van der Waals surface area (Å²) < 4.78 is 5.33. The minimum Gasteiger partial charge on any atom is -0.496 e. The van der Waals surface area contributed by atoms with Crippen LogP contribution in [0.5, 0.6) is 5.75 Å². The number of benzene rings is 1. The first-order valence-electron chi connectivity index (χ1n) is 5.82. The van der Waals surface area contributed by atoms with E-state index in [2.05, 4.69) is 31.5 Å². The Labute approximate surface area is 103 Å². The van der Waals surface area contributed by atoms with E-state index in [1.165, 1.54) is 5.56 Å². The molecule has 0 aromatic heterocycles. The van der Waals surface area contributed by atoms with Gasteiger partial charge < -0.3 is 4.74 Å². The Morgan fingerprint density at radius 3 is 2.71 bits per heavy atom. The molecule has 0 heterocycles. The predicted molar refractivity (Wildman–Crippen MR) is 71.1 cm³/mol. The summed E-state index contributed by atoms with van der Waals surface area (Å²) in [5, 5.41) is 0. The van der Waals surface area contributed by atoms with Gasteiger partial charge in [-0.3, -0.25) is 4.84 Å². The van der Waals surface area contributed by atoms with Gasteiger partial charge in [0.05, 0.1) is 13.7 Å². The molecule has 0 saturated carbocycles. The highest BCUT2D eigenvalue weighted by molar-refractivity contribution is 5.58. The van der Waals surface area contributed by atoms with Crippen molar-refractivity contribution in [1.82, 2.24) is 5.48 Å². The molecule has 94 valence electrons. The average Bonchev–Trinajstić information content (AvgIpc) is 2.34. The Morgan fingerprint density at radius 1 is 1.35 bits per heavy atom. The molecule has 3 heteroatoms. The van der Waals surface area contributed by atoms with E-state index in [1.807, 2.05) is 18.2 Å². The second-order valence-corrected chi connectivity index (χ2v) is 4.07. The molecule has 17 heavy (non-hydrogen) atoms. The number of hydrogen-bond donors (Lipinski definition) is 1. The molecule has 3 nitrogen and oxygen atoms in total. The van der Waals surface area contributed by atoms with Gasteiger partial charge in [0.15, 0.2) is 0 Å². The second kappa shape index (κ2) is 7.09. The molecule has 0 saturated heterocycles. The van der Waals surface area contributed by atoms with Crippen LogP contribution < -0.4 is 10.2 Å². The monoisotopic (exact) mass is 235 g/mol. The lowest BCUT2D eigenvalue weighted by atomic mass is 10.00. The third-order valence-electron chi connectivity index (χ3n) is 2.54. The second-order valence-electron chi connectivity index (χ2n) is 4.07. The molecule has 1 aromatic rings. The van der Waals surface area contributed by atoms with E-state index in [9.17, 15) is 0 Å². The van der Waals surface area contributed by atoms with Crippen molar-refractivity contribution >= 4 is 6.08 Å². The zero-order valence-electron chi connectivity index (χ0n) is 11.0. The molecule has 1 N–H and O–H groups in total. The van der Waals surface area contributed by atoms with E-state index in [-0.39, 0.29) is 0 Å². The predicted octanol–water partition coefficient (Wildman–Crippen LogP) is 2.98. The van der Waals surface area contributed by atoms with Crippen molar-refractivity contribution in [3.05, 3.63) is 35.4 Å². The number of rotatable bonds is 6. The first-order chi connectivity index (χ1) is 8.19. The summed E-state index contributed by atoms with van der Waals surface area (Å²) in [5.74, 6) is 1.40. The number of nitrogens with one attached hydrogen (secondary N) is 1. The Balaban J connectivity index is 2.86. The molecule has 0 spiro atoms. The Morgan fingerprint density at radius 2 is 2.12 bits per heavy atom. The molecule has 0 atom stereocenters. The molecule has 0 amide bonds. The summed E-state index contributed by atoms with van der Waals surface area (Å²) in [6.07, 6.45) is 3.97. The van der Waals surface area contributed by atoms with Gasteiger partial charge in [0, 0.05) is 12.6 Å². The molecule has 0 fully saturated rings. The van der Waals surface area contributed by atoms with E-state index >= 15 is 0 Å². The Kier molecular flexibility index (Phi) is 5.73. The average molecular weight is 235 g/mol. The highest BCUT2D eigenvalue weighted by atomic mass is 16.6. The van der Waals surface area contributed by atoms with Crippen molar-refractivity contribution in [3.8, 4) is 5.75 Å². The van der Waals surface area contributed by atoms with Gasteiger partial charge in [0.25, 0.3) is 0 Å². The Bertz CT molecular complexity index is 372. The lowest BCUT2D eigenvalue weighted by Crippen LogP contribution is -2.06. The summed E-state index contributed by atoms with van der Waals surface area (Å²) in [6.45, 7) is 4.89. The molecule has 0 bridgehead atoms. The van der Waals surface area contributed by atoms with Gasteiger partial charge in [-0.05, 0) is 23.6 Å². The van der Waals surface area contributed by atoms with Gasteiger partial charge in [-0.25, -0.2) is 5.48 Å². The van der Waals surface area contributed by atoms with Crippen molar-refractivity contribution in [3.63, 3.8) is 0 Å². The normalized spacial score (nSPS) is 11.4. The first-order valence-corrected chi connectivity index (χ1v) is 5.82. The minimum atomic E-state index is 0.515. The van der Waals surface area contributed by atoms with Crippen LogP contribution >= 0.6 is 0 Å². The Hall–Kier alpha value is -1.32. The van der Waals surface area contributed by atoms with E-state index in [0.717, 1.165) is 11.3 Å². The van der Waals surface area contributed by atoms with Crippen LogP contribution in [0.25, 0.3) is 6.08 Å². The SMILES string of the molecule is CNOC/C=C/c1cc(C(C)C)ccc1OC. The summed E-state index contributed by atoms with van der Waals surface area (Å²) in [5.41, 5.74) is 5.02. The van der Waals surface area contributed by atoms with Crippen LogP contribution in [0.3, 0.4) is 0 Å². The number of ether oxygens (including phenoxy) is 1. The molecule has 0 aliphatic rings. The van der Waals surface area contributed by atoms with Crippen LogP contribution in [0.4, 0.5) is 0 Å². The van der Waals surface area contributed by atoms with Crippen LogP contribution in [0.2, 0.25) is 0 Å². The van der Waals surface area contributed by atoms with Crippen molar-refractivity contribution in [2.45, 2.75) is 19.8 Å². The summed E-state index contributed by atoms with van der Waals surface area (Å²) >= 11 is 0. The summed E-state index contributed by atoms with van der Waals surface area (Å²) in [4.78, 5) is 5.03. The summed E-state index contributed by atoms with van der Waals surface area (Å²) in [6, 6.07) is 6.26. The molecule has 1 rings (SSSR count). The van der Waals surface area contributed by atoms with Crippen LogP contribution in [0.15, 0.2) is 24.3 Å². The lowest BCUT2D eigenvalue weighted by Gasteiger charge is -2.10. The molecule has 0 aliphatic carbocycles. The van der Waals surface area contributed by atoms with Crippen LogP contribution in [0.1, 0.15) is 30.9 Å². The van der Waals surface area contributed by atoms with Crippen molar-refractivity contribution in [2.75, 3.05) is 20.8 Å². The first kappa shape index (κ1) is 13.7. The van der Waals surface area contributed by atoms with E-state index < -0.39 is 0 Å². The van der Waals surface area contributed by atoms with Gasteiger partial charge in [-0.1, -0.05) is 32.1 Å². The lowest BCUT2D eigenvalue weighted by molar-refractivity contribution is 0.0814. The molecular formula is C14H21NO2. The van der Waals surface area contributed by atoms with Gasteiger partial charge >= 0.3 is 0 Å². The van der Waals surface area contributed by atoms with Gasteiger partial charge in [-0.2, -0.15) is 0 Å². The van der Waals surface area contributed by atoms with Crippen molar-refractivity contribution in [1.29, 1.82) is 0 Å². The molecule has 0 radical (unpaired) electrons. The van der Waals surface area contributed by atoms with Gasteiger partial charge in [0.2, 0.25) is 0 Å². The zero-order valence-corrected chi connectivity index (χ0v) is 11.0. The maximum absolute atomic E-state index is 5.33. The molecule has 1 aromatic carbocycles. The maximum atomic E-state index is 5.33. The van der Waals surface area contributed by atoms with Crippen molar-refractivity contribution in [2.24, 2.45) is 0 Å². The zero-order chi connectivity index (χ0) is 12.7. The van der Waals surface area contributed by atoms with Crippen LogP contribution in [-0.2, 0) is 4.84 Å². The minimum absolute atomic E-state index is 0.515. The third-order valence-corrected chi connectivity index (χ3v) is 2.54. The smallest absolute Gasteiger partial charge is 0.126 e. The fourth-order valence-electron chi connectivity index (χ4n) is 1.55. The fourth-order valence-corrected chi connectivity index (χ4v) is 1.55. The van der Waals surface area contributed by atoms with E-state index in [0.29, 0.717) is 12.5 Å². The standard InChI is InChI=1S/C14H21NO2/c1-11(2)12-7-8-14(16-4)13(10-12)6-5-9-17-15-3/h5-8,10-11,15H,9H2,1-4H3/b6-5+. The van der Waals surface area contributed by atoms with Crippen LogP contribution in [0, 0.1) is 0 Å². The number of methoxy groups -OCH3 is 1. The largest absolute Gasteiger partial charge is 0.496 e. The molecule has 0 unspecified atom stereocenters.